The van der Waals surface area contributed by atoms with E-state index in [1.54, 1.807) is 0 Å². The molecular formula is C33H17N3. The highest BCUT2D eigenvalue weighted by Crippen LogP contribution is 2.61. The summed E-state index contributed by atoms with van der Waals surface area (Å²) in [6, 6.07) is 38.2. The molecule has 2 aliphatic rings. The number of nitrogens with zero attached hydrogens (tertiary/aromatic N) is 3. The number of hydrogen-bond acceptors (Lipinski definition) is 1. The Labute approximate surface area is 207 Å². The Kier molecular flexibility index (Phi) is 3.47. The Balaban J connectivity index is 1.68. The van der Waals surface area contributed by atoms with Crippen molar-refractivity contribution < 1.29 is 0 Å². The molecule has 0 amide bonds. The lowest BCUT2D eigenvalue weighted by atomic mass is 9.65. The van der Waals surface area contributed by atoms with Crippen LogP contribution in [0.3, 0.4) is 0 Å². The van der Waals surface area contributed by atoms with Crippen LogP contribution in [0.2, 0.25) is 0 Å². The molecule has 0 saturated heterocycles. The largest absolute Gasteiger partial charge is 0.309 e. The minimum absolute atomic E-state index is 0.622. The topological polar surface area (TPSA) is 33.1 Å². The molecule has 164 valence electrons. The zero-order chi connectivity index (χ0) is 24.0. The van der Waals surface area contributed by atoms with Crippen molar-refractivity contribution >= 4 is 27.5 Å². The molecule has 36 heavy (non-hydrogen) atoms. The van der Waals surface area contributed by atoms with Gasteiger partial charge in [-0.3, -0.25) is 0 Å². The molecule has 0 bridgehead atoms. The van der Waals surface area contributed by atoms with Crippen LogP contribution in [-0.4, -0.2) is 4.57 Å². The molecule has 1 aliphatic carbocycles. The molecule has 6 aromatic rings. The van der Waals surface area contributed by atoms with Gasteiger partial charge in [-0.15, -0.1) is 0 Å². The van der Waals surface area contributed by atoms with E-state index in [0.29, 0.717) is 11.3 Å². The average molecular weight is 456 g/mol. The lowest BCUT2D eigenvalue weighted by Gasteiger charge is -2.39. The minimum Gasteiger partial charge on any atom is -0.309 e. The van der Waals surface area contributed by atoms with Crippen LogP contribution in [0, 0.1) is 17.9 Å². The number of para-hydroxylation sites is 3. The fraction of sp³-hybridized carbons (Fsp3) is 0.0303. The first kappa shape index (κ1) is 19.2. The maximum atomic E-state index is 9.86. The van der Waals surface area contributed by atoms with Gasteiger partial charge in [-0.2, -0.15) is 5.26 Å². The molecule has 0 N–H and O–H groups in total. The van der Waals surface area contributed by atoms with Crippen LogP contribution in [-0.2, 0) is 5.41 Å². The van der Waals surface area contributed by atoms with Crippen molar-refractivity contribution in [3.05, 3.63) is 142 Å². The quantitative estimate of drug-likeness (QED) is 0.214. The molecule has 5 aromatic carbocycles. The predicted molar refractivity (Wildman–Crippen MR) is 143 cm³/mol. The summed E-state index contributed by atoms with van der Waals surface area (Å²) in [4.78, 5) is 3.80. The van der Waals surface area contributed by atoms with Gasteiger partial charge in [0.05, 0.1) is 40.3 Å². The molecule has 1 aliphatic heterocycles. The first-order valence-electron chi connectivity index (χ1n) is 12.0. The fourth-order valence-electron chi connectivity index (χ4n) is 6.73. The maximum Gasteiger partial charge on any atom is 0.187 e. The van der Waals surface area contributed by atoms with Gasteiger partial charge < -0.3 is 4.57 Å². The Morgan fingerprint density at radius 3 is 2.28 bits per heavy atom. The molecule has 0 fully saturated rings. The van der Waals surface area contributed by atoms with Gasteiger partial charge in [-0.25, -0.2) is 4.85 Å². The van der Waals surface area contributed by atoms with Crippen LogP contribution in [0.25, 0.3) is 43.5 Å². The Bertz CT molecular complexity index is 1960. The molecule has 2 heterocycles. The Hall–Kier alpha value is -5.12. The summed E-state index contributed by atoms with van der Waals surface area (Å²) in [5, 5.41) is 12.3. The van der Waals surface area contributed by atoms with Crippen LogP contribution in [0.5, 0.6) is 0 Å². The number of hydrogen-bond donors (Lipinski definition) is 0. The van der Waals surface area contributed by atoms with Crippen molar-refractivity contribution in [2.24, 2.45) is 0 Å². The van der Waals surface area contributed by atoms with Crippen LogP contribution >= 0.6 is 0 Å². The van der Waals surface area contributed by atoms with Crippen LogP contribution < -0.4 is 0 Å². The highest BCUT2D eigenvalue weighted by atomic mass is 15.0. The van der Waals surface area contributed by atoms with E-state index >= 15 is 0 Å². The smallest absolute Gasteiger partial charge is 0.187 e. The zero-order valence-corrected chi connectivity index (χ0v) is 19.2. The van der Waals surface area contributed by atoms with Crippen molar-refractivity contribution in [2.75, 3.05) is 0 Å². The second kappa shape index (κ2) is 6.51. The van der Waals surface area contributed by atoms with E-state index < -0.39 is 5.41 Å². The normalized spacial score (nSPS) is 16.4. The van der Waals surface area contributed by atoms with Gasteiger partial charge >= 0.3 is 0 Å². The van der Waals surface area contributed by atoms with Gasteiger partial charge in [0.1, 0.15) is 0 Å². The summed E-state index contributed by atoms with van der Waals surface area (Å²) < 4.78 is 2.39. The lowest BCUT2D eigenvalue weighted by molar-refractivity contribution is 0.748. The van der Waals surface area contributed by atoms with Crippen molar-refractivity contribution in [3.8, 4) is 22.9 Å². The number of benzene rings is 5. The monoisotopic (exact) mass is 455 g/mol. The number of nitriles is 1. The van der Waals surface area contributed by atoms with Gasteiger partial charge in [0, 0.05) is 10.8 Å². The van der Waals surface area contributed by atoms with Gasteiger partial charge in [0.2, 0.25) is 0 Å². The van der Waals surface area contributed by atoms with Crippen LogP contribution in [0.15, 0.2) is 103 Å². The summed E-state index contributed by atoms with van der Waals surface area (Å²) in [7, 11) is 0. The van der Waals surface area contributed by atoms with Crippen molar-refractivity contribution in [1.29, 1.82) is 5.26 Å². The third-order valence-corrected chi connectivity index (χ3v) is 8.03. The van der Waals surface area contributed by atoms with Gasteiger partial charge in [0.25, 0.3) is 0 Å². The maximum absolute atomic E-state index is 9.86. The highest BCUT2D eigenvalue weighted by molar-refractivity contribution is 6.12. The second-order valence-electron chi connectivity index (χ2n) is 9.54. The Morgan fingerprint density at radius 1 is 0.694 bits per heavy atom. The van der Waals surface area contributed by atoms with Crippen molar-refractivity contribution in [2.45, 2.75) is 5.41 Å². The Morgan fingerprint density at radius 2 is 1.42 bits per heavy atom. The SMILES string of the molecule is [C-]#[N+]c1ccc2c(c1)C1(c3cc(C#N)ccc3-2)c2ccccc2-n2c3ccccc3c3cccc1c32. The lowest BCUT2D eigenvalue weighted by Crippen LogP contribution is -2.33. The van der Waals surface area contributed by atoms with E-state index in [4.69, 9.17) is 6.57 Å². The van der Waals surface area contributed by atoms with E-state index in [2.05, 4.69) is 106 Å². The standard InChI is InChI=1S/C33H17N3/c1-35-21-14-16-23-22-15-13-20(19-34)17-28(22)33(29(23)18-21)26-9-3-5-12-31(26)36-30-11-4-2-7-24(30)25-8-6-10-27(33)32(25)36/h2-18H. The molecule has 1 atom stereocenters. The second-order valence-corrected chi connectivity index (χ2v) is 9.54. The van der Waals surface area contributed by atoms with Crippen molar-refractivity contribution in [1.82, 2.24) is 4.57 Å². The summed E-state index contributed by atoms with van der Waals surface area (Å²) >= 11 is 0. The third-order valence-electron chi connectivity index (χ3n) is 8.03. The molecule has 3 nitrogen and oxygen atoms in total. The highest BCUT2D eigenvalue weighted by Gasteiger charge is 2.50. The number of aromatic nitrogens is 1. The predicted octanol–water partition coefficient (Wildman–Crippen LogP) is 7.88. The van der Waals surface area contributed by atoms with Crippen LogP contribution in [0.1, 0.15) is 27.8 Å². The average Bonchev–Trinajstić information content (AvgIpc) is 3.43. The van der Waals surface area contributed by atoms with E-state index in [1.165, 1.54) is 32.9 Å². The third kappa shape index (κ3) is 2.04. The van der Waals surface area contributed by atoms with E-state index in [-0.39, 0.29) is 0 Å². The molecule has 0 saturated carbocycles. The summed E-state index contributed by atoms with van der Waals surface area (Å²) in [5.74, 6) is 0. The molecular weight excluding hydrogens is 438 g/mol. The molecule has 3 heteroatoms. The fourth-order valence-corrected chi connectivity index (χ4v) is 6.73. The summed E-state index contributed by atoms with van der Waals surface area (Å²) in [5.41, 5.74) is 11.0. The summed E-state index contributed by atoms with van der Waals surface area (Å²) in [6.45, 7) is 7.76. The first-order chi connectivity index (χ1) is 17.8. The van der Waals surface area contributed by atoms with Gasteiger partial charge in [-0.05, 0) is 57.6 Å². The van der Waals surface area contributed by atoms with E-state index in [9.17, 15) is 5.26 Å². The minimum atomic E-state index is -0.626. The van der Waals surface area contributed by atoms with Crippen LogP contribution in [0.4, 0.5) is 5.69 Å². The van der Waals surface area contributed by atoms with E-state index in [1.807, 2.05) is 12.1 Å². The molecule has 8 rings (SSSR count). The van der Waals surface area contributed by atoms with Gasteiger partial charge in [-0.1, -0.05) is 78.9 Å². The van der Waals surface area contributed by atoms with Gasteiger partial charge in [0.15, 0.2) is 5.69 Å². The zero-order valence-electron chi connectivity index (χ0n) is 19.2. The summed E-state index contributed by atoms with van der Waals surface area (Å²) in [6.07, 6.45) is 0. The molecule has 0 radical (unpaired) electrons. The van der Waals surface area contributed by atoms with E-state index in [0.717, 1.165) is 27.9 Å². The molecule has 1 spiro atoms. The first-order valence-corrected chi connectivity index (χ1v) is 12.0. The number of rotatable bonds is 0. The number of fused-ring (bicyclic) bond motifs is 12. The van der Waals surface area contributed by atoms with Crippen molar-refractivity contribution in [3.63, 3.8) is 0 Å². The molecule has 1 aromatic heterocycles. The molecule has 1 unspecified atom stereocenters.